The fraction of sp³-hybridized carbons (Fsp3) is 0.455. The quantitative estimate of drug-likeness (QED) is 0.418. The number of thioether (sulfide) groups is 1. The molecule has 0 aromatic carbocycles. The maximum atomic E-state index is 4.75. The number of nitrogens with zero attached hydrogens (tertiary/aromatic N) is 2. The van der Waals surface area contributed by atoms with E-state index in [1.807, 2.05) is 0 Å². The topological polar surface area (TPSA) is 15.4 Å². The van der Waals surface area contributed by atoms with Gasteiger partial charge in [0.15, 0.2) is 0 Å². The van der Waals surface area contributed by atoms with Crippen molar-refractivity contribution in [3.8, 4) is 0 Å². The first-order valence-electron chi connectivity index (χ1n) is 5.05. The summed E-state index contributed by atoms with van der Waals surface area (Å²) in [6.07, 6.45) is 4.45. The van der Waals surface area contributed by atoms with Gasteiger partial charge in [-0.15, -0.1) is 11.3 Å². The van der Waals surface area contributed by atoms with Crippen LogP contribution in [0.2, 0.25) is 0 Å². The van der Waals surface area contributed by atoms with Crippen LogP contribution in [0.25, 0.3) is 0 Å². The van der Waals surface area contributed by atoms with Crippen LogP contribution in [0.5, 0.6) is 0 Å². The van der Waals surface area contributed by atoms with Gasteiger partial charge in [0.2, 0.25) is 5.04 Å². The lowest BCUT2D eigenvalue weighted by Crippen LogP contribution is -2.09. The standard InChI is InChI=1S/C11H15N2S2/c1-13-7-3-6-10(13)12-11(14-2)9-5-4-8-15-9/h4-5,8H,3,6-7H2,1-2H3/q+1. The molecule has 0 saturated carbocycles. The van der Waals surface area contributed by atoms with Gasteiger partial charge in [0.1, 0.15) is 0 Å². The molecule has 1 aliphatic rings. The van der Waals surface area contributed by atoms with Crippen LogP contribution in [-0.4, -0.2) is 35.3 Å². The lowest BCUT2D eigenvalue weighted by molar-refractivity contribution is -0.489. The van der Waals surface area contributed by atoms with Crippen LogP contribution in [0, 0.1) is 0 Å². The first kappa shape index (κ1) is 10.9. The zero-order valence-corrected chi connectivity index (χ0v) is 10.7. The van der Waals surface area contributed by atoms with Crippen molar-refractivity contribution in [2.24, 2.45) is 4.99 Å². The summed E-state index contributed by atoms with van der Waals surface area (Å²) >= 11 is 3.49. The Bertz CT molecular complexity index is 391. The predicted molar refractivity (Wildman–Crippen MR) is 69.7 cm³/mol. The third kappa shape index (κ3) is 2.49. The molecule has 1 aromatic heterocycles. The van der Waals surface area contributed by atoms with Crippen LogP contribution in [0.15, 0.2) is 22.5 Å². The van der Waals surface area contributed by atoms with E-state index in [0.717, 1.165) is 18.0 Å². The van der Waals surface area contributed by atoms with E-state index in [1.54, 1.807) is 23.1 Å². The molecule has 1 aliphatic heterocycles. The zero-order chi connectivity index (χ0) is 10.7. The third-order valence-electron chi connectivity index (χ3n) is 2.49. The van der Waals surface area contributed by atoms with Crippen LogP contribution in [0.4, 0.5) is 0 Å². The average Bonchev–Trinajstić information content (AvgIpc) is 2.86. The highest BCUT2D eigenvalue weighted by atomic mass is 32.2. The molecule has 0 radical (unpaired) electrons. The minimum Gasteiger partial charge on any atom is -0.265 e. The van der Waals surface area contributed by atoms with E-state index in [4.69, 9.17) is 4.99 Å². The summed E-state index contributed by atoms with van der Waals surface area (Å²) in [5.41, 5.74) is 0. The molecule has 0 amide bonds. The van der Waals surface area contributed by atoms with Gasteiger partial charge >= 0.3 is 0 Å². The van der Waals surface area contributed by atoms with Crippen LogP contribution in [0.1, 0.15) is 17.7 Å². The monoisotopic (exact) mass is 239 g/mol. The predicted octanol–water partition coefficient (Wildman–Crippen LogP) is 2.69. The normalized spacial score (nSPS) is 17.6. The largest absolute Gasteiger partial charge is 0.295 e. The Hall–Kier alpha value is -0.610. The highest BCUT2D eigenvalue weighted by Crippen LogP contribution is 2.18. The van der Waals surface area contributed by atoms with Crippen molar-refractivity contribution in [2.75, 3.05) is 19.8 Å². The van der Waals surface area contributed by atoms with Gasteiger partial charge in [-0.05, 0) is 29.1 Å². The second-order valence-corrected chi connectivity index (χ2v) is 5.28. The van der Waals surface area contributed by atoms with Gasteiger partial charge in [0.05, 0.1) is 24.9 Å². The number of aliphatic imine (C=N–C) groups is 1. The van der Waals surface area contributed by atoms with E-state index in [2.05, 4.69) is 35.4 Å². The smallest absolute Gasteiger partial charge is 0.265 e. The number of amidine groups is 1. The van der Waals surface area contributed by atoms with Crippen molar-refractivity contribution in [1.82, 2.24) is 0 Å². The number of rotatable bonds is 1. The van der Waals surface area contributed by atoms with E-state index >= 15 is 0 Å². The molecule has 80 valence electrons. The lowest BCUT2D eigenvalue weighted by atomic mass is 10.3. The number of hydrogen-bond acceptors (Lipinski definition) is 3. The van der Waals surface area contributed by atoms with Gasteiger partial charge in [-0.25, -0.2) is 0 Å². The molecule has 1 aromatic rings. The minimum atomic E-state index is 1.12. The molecule has 4 heteroatoms. The molecule has 0 atom stereocenters. The van der Waals surface area contributed by atoms with Gasteiger partial charge < -0.3 is 0 Å². The molecule has 0 bridgehead atoms. The Balaban J connectivity index is 2.27. The fourth-order valence-corrected chi connectivity index (χ4v) is 3.12. The summed E-state index contributed by atoms with van der Waals surface area (Å²) in [5.74, 6) is 1.23. The number of thiophene rings is 1. The van der Waals surface area contributed by atoms with Gasteiger partial charge in [0, 0.05) is 0 Å². The van der Waals surface area contributed by atoms with Crippen molar-refractivity contribution in [3.63, 3.8) is 0 Å². The second kappa shape index (κ2) is 4.94. The summed E-state index contributed by atoms with van der Waals surface area (Å²) < 4.78 is 2.25. The molecule has 0 spiro atoms. The van der Waals surface area contributed by atoms with Crippen LogP contribution >= 0.6 is 23.1 Å². The van der Waals surface area contributed by atoms with Crippen molar-refractivity contribution < 1.29 is 4.58 Å². The third-order valence-corrected chi connectivity index (χ3v) is 4.19. The van der Waals surface area contributed by atoms with Gasteiger partial charge in [-0.3, -0.25) is 4.58 Å². The molecule has 2 nitrogen and oxygen atoms in total. The Morgan fingerprint density at radius 3 is 3.00 bits per heavy atom. The highest BCUT2D eigenvalue weighted by molar-refractivity contribution is 8.14. The first-order chi connectivity index (χ1) is 7.31. The summed E-state index contributed by atoms with van der Waals surface area (Å²) in [4.78, 5) is 6.02. The minimum absolute atomic E-state index is 1.12. The molecule has 0 unspecified atom stereocenters. The Labute approximate surface area is 98.7 Å². The zero-order valence-electron chi connectivity index (χ0n) is 9.06. The summed E-state index contributed by atoms with van der Waals surface area (Å²) in [5, 5.41) is 3.25. The molecule has 0 aliphatic carbocycles. The molecule has 0 N–H and O–H groups in total. The molecule has 2 rings (SSSR count). The van der Waals surface area contributed by atoms with Gasteiger partial charge in [0.25, 0.3) is 5.84 Å². The Morgan fingerprint density at radius 1 is 1.60 bits per heavy atom. The molecule has 0 saturated heterocycles. The second-order valence-electron chi connectivity index (χ2n) is 3.54. The van der Waals surface area contributed by atoms with Crippen molar-refractivity contribution in [3.05, 3.63) is 22.4 Å². The van der Waals surface area contributed by atoms with E-state index in [0.29, 0.717) is 0 Å². The lowest BCUT2D eigenvalue weighted by Gasteiger charge is -1.93. The maximum absolute atomic E-state index is 4.75. The van der Waals surface area contributed by atoms with Gasteiger partial charge in [-0.2, -0.15) is 0 Å². The average molecular weight is 239 g/mol. The molecular weight excluding hydrogens is 224 g/mol. The van der Waals surface area contributed by atoms with Crippen LogP contribution in [-0.2, 0) is 0 Å². The van der Waals surface area contributed by atoms with Gasteiger partial charge in [-0.1, -0.05) is 17.8 Å². The van der Waals surface area contributed by atoms with E-state index < -0.39 is 0 Å². The summed E-state index contributed by atoms with van der Waals surface area (Å²) in [6, 6.07) is 4.21. The van der Waals surface area contributed by atoms with Crippen molar-refractivity contribution in [1.29, 1.82) is 0 Å². The van der Waals surface area contributed by atoms with E-state index in [9.17, 15) is 0 Å². The van der Waals surface area contributed by atoms with Crippen molar-refractivity contribution in [2.45, 2.75) is 12.8 Å². The Morgan fingerprint density at radius 2 is 2.47 bits per heavy atom. The molecule has 0 fully saturated rings. The summed E-state index contributed by atoms with van der Waals surface area (Å²) in [7, 11) is 2.12. The number of hydrogen-bond donors (Lipinski definition) is 0. The highest BCUT2D eigenvalue weighted by Gasteiger charge is 2.20. The molecule has 2 heterocycles. The summed E-state index contributed by atoms with van der Waals surface area (Å²) in [6.45, 7) is 1.14. The molecule has 15 heavy (non-hydrogen) atoms. The van der Waals surface area contributed by atoms with Crippen LogP contribution in [0.3, 0.4) is 0 Å². The van der Waals surface area contributed by atoms with E-state index in [1.165, 1.54) is 17.1 Å². The first-order valence-corrected chi connectivity index (χ1v) is 7.15. The molecular formula is C11H15N2S2+. The fourth-order valence-electron chi connectivity index (χ4n) is 1.65. The van der Waals surface area contributed by atoms with E-state index in [-0.39, 0.29) is 0 Å². The van der Waals surface area contributed by atoms with Crippen LogP contribution < -0.4 is 0 Å². The van der Waals surface area contributed by atoms with Crippen molar-refractivity contribution >= 4 is 34.0 Å². The maximum Gasteiger partial charge on any atom is 0.295 e. The Kier molecular flexibility index (Phi) is 3.59. The SMILES string of the molecule is CSC(=NC1=[N+](C)CCC1)c1cccs1.